The minimum absolute atomic E-state index is 0.0315. The van der Waals surface area contributed by atoms with E-state index in [4.69, 9.17) is 13.0 Å². The van der Waals surface area contributed by atoms with E-state index in [0.717, 1.165) is 0 Å². The summed E-state index contributed by atoms with van der Waals surface area (Å²) in [6.07, 6.45) is 0. The van der Waals surface area contributed by atoms with Gasteiger partial charge >= 0.3 is 26.7 Å². The summed E-state index contributed by atoms with van der Waals surface area (Å²) in [5, 5.41) is 0. The Morgan fingerprint density at radius 1 is 0.917 bits per heavy atom. The number of rotatable bonds is 2. The van der Waals surface area contributed by atoms with Crippen molar-refractivity contribution in [2.75, 3.05) is 0 Å². The van der Waals surface area contributed by atoms with Crippen LogP contribution in [0.15, 0.2) is 42.5 Å². The van der Waals surface area contributed by atoms with Crippen molar-refractivity contribution in [2.24, 2.45) is 0 Å². The van der Waals surface area contributed by atoms with Crippen LogP contribution in [-0.4, -0.2) is 18.5 Å². The lowest BCUT2D eigenvalue weighted by Gasteiger charge is -2.08. The van der Waals surface area contributed by atoms with E-state index in [0.29, 0.717) is 0 Å². The zero-order valence-corrected chi connectivity index (χ0v) is 16.2. The zero-order valence-electron chi connectivity index (χ0n) is 13.2. The maximum Gasteiger partial charge on any atom is 0.485 e. The van der Waals surface area contributed by atoms with Crippen LogP contribution >= 0.6 is 0 Å². The van der Waals surface area contributed by atoms with E-state index in [1.807, 2.05) is 0 Å². The summed E-state index contributed by atoms with van der Waals surface area (Å²) in [7, 11) is -6.09. The van der Waals surface area contributed by atoms with E-state index in [1.54, 1.807) is 3.57 Å². The number of halogens is 4. The molecule has 0 radical (unpaired) electrons. The van der Waals surface area contributed by atoms with Crippen LogP contribution in [0.2, 0.25) is 0 Å². The molecule has 2 rings (SSSR count). The molecule has 0 atom stereocenters. The van der Waals surface area contributed by atoms with Crippen LogP contribution in [0.3, 0.4) is 0 Å². The Bertz CT molecular complexity index is 802. The van der Waals surface area contributed by atoms with E-state index in [2.05, 4.69) is 63.2 Å². The standard InChI is InChI=1S/C15H16I.CHF3O3S/c1-11-8-9-13(3)15(10-11)16-14-7-5-4-6-12(14)2;2-1(3,4)8(5,6)7/h4-10H,1-3H3;(H,5,6,7)/q+1;/p-1. The summed E-state index contributed by atoms with van der Waals surface area (Å²) < 4.78 is 62.0. The molecule has 3 nitrogen and oxygen atoms in total. The monoisotopic (exact) mass is 472 g/mol. The second kappa shape index (κ2) is 8.30. The van der Waals surface area contributed by atoms with Crippen molar-refractivity contribution in [3.05, 3.63) is 66.3 Å². The van der Waals surface area contributed by atoms with Gasteiger partial charge in [-0.05, 0) is 38.5 Å². The molecule has 0 spiro atoms. The first-order valence-electron chi connectivity index (χ1n) is 6.71. The van der Waals surface area contributed by atoms with Crippen molar-refractivity contribution >= 4 is 10.1 Å². The van der Waals surface area contributed by atoms with E-state index in [9.17, 15) is 13.2 Å². The summed E-state index contributed by atoms with van der Waals surface area (Å²) in [6.45, 7) is 6.59. The molecular formula is C16H16F3IO3S. The van der Waals surface area contributed by atoms with Gasteiger partial charge in [0.25, 0.3) is 0 Å². The molecule has 2 aromatic carbocycles. The predicted molar refractivity (Wildman–Crippen MR) is 80.2 cm³/mol. The van der Waals surface area contributed by atoms with Crippen LogP contribution in [0.5, 0.6) is 0 Å². The quantitative estimate of drug-likeness (QED) is 0.369. The summed E-state index contributed by atoms with van der Waals surface area (Å²) >= 11 is -0.0315. The first kappa shape index (κ1) is 20.9. The van der Waals surface area contributed by atoms with Gasteiger partial charge in [0, 0.05) is 11.1 Å². The molecule has 0 bridgehead atoms. The van der Waals surface area contributed by atoms with Gasteiger partial charge in [-0.15, -0.1) is 0 Å². The fraction of sp³-hybridized carbons (Fsp3) is 0.250. The molecule has 0 aromatic heterocycles. The van der Waals surface area contributed by atoms with Crippen LogP contribution < -0.4 is 21.2 Å². The van der Waals surface area contributed by atoms with Gasteiger partial charge in [0.05, 0.1) is 0 Å². The minimum atomic E-state index is -6.09. The average Bonchev–Trinajstić information content (AvgIpc) is 2.44. The second-order valence-electron chi connectivity index (χ2n) is 5.00. The smallest absolute Gasteiger partial charge is 0.485 e. The molecule has 0 aliphatic rings. The Hall–Kier alpha value is -1.13. The van der Waals surface area contributed by atoms with E-state index in [-0.39, 0.29) is 21.2 Å². The number of hydrogen-bond acceptors (Lipinski definition) is 3. The maximum absolute atomic E-state index is 10.7. The summed E-state index contributed by atoms with van der Waals surface area (Å²) in [5.74, 6) is 0. The highest BCUT2D eigenvalue weighted by molar-refractivity contribution is 7.86. The minimum Gasteiger partial charge on any atom is -0.741 e. The molecule has 0 saturated heterocycles. The summed E-state index contributed by atoms with van der Waals surface area (Å²) in [4.78, 5) is 0. The number of benzene rings is 2. The van der Waals surface area contributed by atoms with Gasteiger partial charge in [0.1, 0.15) is 0 Å². The molecule has 0 N–H and O–H groups in total. The topological polar surface area (TPSA) is 57.2 Å². The van der Waals surface area contributed by atoms with E-state index >= 15 is 0 Å². The molecular weight excluding hydrogens is 456 g/mol. The lowest BCUT2D eigenvalue weighted by molar-refractivity contribution is -0.598. The van der Waals surface area contributed by atoms with Crippen molar-refractivity contribution in [2.45, 2.75) is 26.3 Å². The van der Waals surface area contributed by atoms with E-state index < -0.39 is 15.6 Å². The van der Waals surface area contributed by atoms with E-state index in [1.165, 1.54) is 20.3 Å². The van der Waals surface area contributed by atoms with Crippen LogP contribution in [0.1, 0.15) is 16.7 Å². The molecule has 0 aliphatic heterocycles. The van der Waals surface area contributed by atoms with Crippen molar-refractivity contribution < 1.29 is 47.3 Å². The van der Waals surface area contributed by atoms with Crippen molar-refractivity contribution in [1.29, 1.82) is 0 Å². The Morgan fingerprint density at radius 2 is 1.42 bits per heavy atom. The largest absolute Gasteiger partial charge is 0.741 e. The van der Waals surface area contributed by atoms with Crippen LogP contribution in [0.4, 0.5) is 13.2 Å². The average molecular weight is 472 g/mol. The normalized spacial score (nSPS) is 11.6. The molecule has 0 unspecified atom stereocenters. The molecule has 2 aromatic rings. The molecule has 24 heavy (non-hydrogen) atoms. The van der Waals surface area contributed by atoms with Crippen LogP contribution in [0.25, 0.3) is 0 Å². The number of alkyl halides is 3. The molecule has 0 amide bonds. The van der Waals surface area contributed by atoms with Gasteiger partial charge in [-0.3, -0.25) is 0 Å². The molecule has 132 valence electrons. The SMILES string of the molecule is Cc1ccc(C)c([I+]c2ccccc2C)c1.O=S(=O)([O-])C(F)(F)F. The van der Waals surface area contributed by atoms with Gasteiger partial charge in [0.2, 0.25) is 0 Å². The molecule has 0 saturated carbocycles. The highest BCUT2D eigenvalue weighted by Crippen LogP contribution is 2.20. The third-order valence-corrected chi connectivity index (χ3v) is 6.99. The Kier molecular flexibility index (Phi) is 7.24. The fourth-order valence-corrected chi connectivity index (χ4v) is 4.44. The maximum atomic E-state index is 10.7. The lowest BCUT2D eigenvalue weighted by atomic mass is 10.2. The second-order valence-corrected chi connectivity index (χ2v) is 9.23. The highest BCUT2D eigenvalue weighted by Gasteiger charge is 2.36. The first-order valence-corrected chi connectivity index (χ1v) is 10.3. The third-order valence-electron chi connectivity index (χ3n) is 2.89. The van der Waals surface area contributed by atoms with Gasteiger partial charge in [0.15, 0.2) is 17.3 Å². The molecule has 0 heterocycles. The highest BCUT2D eigenvalue weighted by atomic mass is 127. The number of aryl methyl sites for hydroxylation is 3. The molecule has 8 heteroatoms. The van der Waals surface area contributed by atoms with Crippen LogP contribution in [0, 0.1) is 27.9 Å². The number of hydrogen-bond donors (Lipinski definition) is 0. The zero-order chi connectivity index (χ0) is 18.5. The van der Waals surface area contributed by atoms with Gasteiger partial charge in [-0.25, -0.2) is 8.42 Å². The summed E-state index contributed by atoms with van der Waals surface area (Å²) in [6, 6.07) is 15.5. The first-order chi connectivity index (χ1) is 10.9. The summed E-state index contributed by atoms with van der Waals surface area (Å²) in [5.41, 5.74) is -1.42. The van der Waals surface area contributed by atoms with Crippen molar-refractivity contribution in [1.82, 2.24) is 0 Å². The molecule has 0 fully saturated rings. The Balaban J connectivity index is 0.000000307. The van der Waals surface area contributed by atoms with Crippen LogP contribution in [-0.2, 0) is 10.1 Å². The Labute approximate surface area is 149 Å². The van der Waals surface area contributed by atoms with Gasteiger partial charge < -0.3 is 4.55 Å². The van der Waals surface area contributed by atoms with Gasteiger partial charge in [-0.2, -0.15) is 13.2 Å². The fourth-order valence-electron chi connectivity index (χ4n) is 1.57. The third kappa shape index (κ3) is 6.40. The van der Waals surface area contributed by atoms with Gasteiger partial charge in [-0.1, -0.05) is 30.3 Å². The predicted octanol–water partition coefficient (Wildman–Crippen LogP) is 0.792. The Morgan fingerprint density at radius 3 is 1.92 bits per heavy atom. The van der Waals surface area contributed by atoms with Crippen molar-refractivity contribution in [3.63, 3.8) is 0 Å². The van der Waals surface area contributed by atoms with Crippen molar-refractivity contribution in [3.8, 4) is 0 Å². The lowest BCUT2D eigenvalue weighted by Crippen LogP contribution is -3.62. The molecule has 0 aliphatic carbocycles.